The number of rotatable bonds is 3. The molecule has 1 fully saturated rings. The van der Waals surface area contributed by atoms with Crippen molar-refractivity contribution in [1.29, 1.82) is 0 Å². The van der Waals surface area contributed by atoms with Crippen molar-refractivity contribution in [3.8, 4) is 0 Å². The number of piperazine rings is 1. The number of nitrogens with one attached hydrogen (secondary N) is 1. The number of hydrogen-bond acceptors (Lipinski definition) is 2. The predicted octanol–water partition coefficient (Wildman–Crippen LogP) is 3.52. The first kappa shape index (κ1) is 16.0. The van der Waals surface area contributed by atoms with Crippen LogP contribution in [-0.2, 0) is 0 Å². The molecule has 0 bridgehead atoms. The van der Waals surface area contributed by atoms with Crippen molar-refractivity contribution in [3.63, 3.8) is 0 Å². The second-order valence-corrected chi connectivity index (χ2v) is 8.34. The summed E-state index contributed by atoms with van der Waals surface area (Å²) in [5.74, 6) is 0. The third-order valence-corrected chi connectivity index (χ3v) is 4.12. The van der Waals surface area contributed by atoms with Crippen LogP contribution in [0.15, 0.2) is 0 Å². The van der Waals surface area contributed by atoms with Gasteiger partial charge in [-0.15, -0.1) is 0 Å². The maximum atomic E-state index is 3.70. The molecule has 108 valence electrons. The lowest BCUT2D eigenvalue weighted by Gasteiger charge is -2.44. The van der Waals surface area contributed by atoms with Gasteiger partial charge in [-0.25, -0.2) is 0 Å². The molecule has 0 radical (unpaired) electrons. The van der Waals surface area contributed by atoms with Gasteiger partial charge in [0.05, 0.1) is 0 Å². The minimum absolute atomic E-state index is 0.364. The van der Waals surface area contributed by atoms with Gasteiger partial charge in [0, 0.05) is 25.2 Å². The van der Waals surface area contributed by atoms with E-state index in [9.17, 15) is 0 Å². The van der Waals surface area contributed by atoms with Gasteiger partial charge in [0.25, 0.3) is 0 Å². The highest BCUT2D eigenvalue weighted by molar-refractivity contribution is 4.90. The summed E-state index contributed by atoms with van der Waals surface area (Å²) in [6, 6.07) is 1.31. The van der Waals surface area contributed by atoms with Gasteiger partial charge in [-0.1, -0.05) is 41.5 Å². The molecule has 1 aliphatic rings. The minimum atomic E-state index is 0.364. The average Bonchev–Trinajstić information content (AvgIpc) is 2.17. The molecular weight excluding hydrogens is 220 g/mol. The van der Waals surface area contributed by atoms with E-state index < -0.39 is 0 Å². The van der Waals surface area contributed by atoms with Crippen LogP contribution in [0.2, 0.25) is 0 Å². The normalized spacial score (nSPS) is 27.5. The van der Waals surface area contributed by atoms with E-state index >= 15 is 0 Å². The SMILES string of the molecule is CC1CNC(C(C)(C)C)CN1CCCC(C)(C)C. The Balaban J connectivity index is 2.43. The summed E-state index contributed by atoms with van der Waals surface area (Å²) in [6.45, 7) is 20.0. The Morgan fingerprint density at radius 2 is 1.72 bits per heavy atom. The predicted molar refractivity (Wildman–Crippen MR) is 81.0 cm³/mol. The fourth-order valence-electron chi connectivity index (χ4n) is 2.63. The fourth-order valence-corrected chi connectivity index (χ4v) is 2.63. The zero-order valence-corrected chi connectivity index (χ0v) is 13.6. The Hall–Kier alpha value is -0.0800. The van der Waals surface area contributed by atoms with Crippen LogP contribution < -0.4 is 5.32 Å². The van der Waals surface area contributed by atoms with Crippen LogP contribution in [0.25, 0.3) is 0 Å². The lowest BCUT2D eigenvalue weighted by molar-refractivity contribution is 0.0896. The molecular formula is C16H34N2. The molecule has 1 aliphatic heterocycles. The first-order valence-corrected chi connectivity index (χ1v) is 7.57. The standard InChI is InChI=1S/C16H34N2/c1-13-11-17-14(16(5,6)7)12-18(13)10-8-9-15(2,3)4/h13-14,17H,8-12H2,1-7H3. The van der Waals surface area contributed by atoms with Gasteiger partial charge < -0.3 is 5.32 Å². The molecule has 0 amide bonds. The Kier molecular flexibility index (Phi) is 5.25. The van der Waals surface area contributed by atoms with Crippen molar-refractivity contribution in [2.75, 3.05) is 19.6 Å². The summed E-state index contributed by atoms with van der Waals surface area (Å²) in [7, 11) is 0. The third kappa shape index (κ3) is 5.27. The maximum absolute atomic E-state index is 3.70. The molecule has 0 saturated carbocycles. The van der Waals surface area contributed by atoms with Crippen molar-refractivity contribution >= 4 is 0 Å². The quantitative estimate of drug-likeness (QED) is 0.829. The Morgan fingerprint density at radius 3 is 2.22 bits per heavy atom. The van der Waals surface area contributed by atoms with Crippen molar-refractivity contribution in [3.05, 3.63) is 0 Å². The lowest BCUT2D eigenvalue weighted by Crippen LogP contribution is -2.59. The molecule has 2 atom stereocenters. The Bertz CT molecular complexity index is 247. The molecule has 0 aromatic carbocycles. The van der Waals surface area contributed by atoms with Crippen LogP contribution in [0.1, 0.15) is 61.3 Å². The lowest BCUT2D eigenvalue weighted by atomic mass is 9.84. The molecule has 0 spiro atoms. The summed E-state index contributed by atoms with van der Waals surface area (Å²) in [6.07, 6.45) is 2.65. The minimum Gasteiger partial charge on any atom is -0.311 e. The molecule has 1 heterocycles. The van der Waals surface area contributed by atoms with E-state index in [0.717, 1.165) is 6.54 Å². The van der Waals surface area contributed by atoms with Crippen LogP contribution in [0.3, 0.4) is 0 Å². The Labute approximate surface area is 115 Å². The van der Waals surface area contributed by atoms with E-state index in [2.05, 4.69) is 58.7 Å². The van der Waals surface area contributed by atoms with Crippen molar-refractivity contribution in [1.82, 2.24) is 10.2 Å². The van der Waals surface area contributed by atoms with Crippen molar-refractivity contribution in [2.45, 2.75) is 73.4 Å². The molecule has 1 N–H and O–H groups in total. The van der Waals surface area contributed by atoms with Crippen molar-refractivity contribution in [2.24, 2.45) is 10.8 Å². The van der Waals surface area contributed by atoms with E-state index in [1.807, 2.05) is 0 Å². The molecule has 2 heteroatoms. The largest absolute Gasteiger partial charge is 0.311 e. The smallest absolute Gasteiger partial charge is 0.0244 e. The summed E-state index contributed by atoms with van der Waals surface area (Å²) >= 11 is 0. The second-order valence-electron chi connectivity index (χ2n) is 8.34. The fraction of sp³-hybridized carbons (Fsp3) is 1.00. The monoisotopic (exact) mass is 254 g/mol. The van der Waals surface area contributed by atoms with Gasteiger partial charge in [-0.3, -0.25) is 4.90 Å². The summed E-state index contributed by atoms with van der Waals surface area (Å²) in [5, 5.41) is 3.70. The first-order chi connectivity index (χ1) is 8.09. The molecule has 18 heavy (non-hydrogen) atoms. The molecule has 2 nitrogen and oxygen atoms in total. The molecule has 0 aromatic rings. The van der Waals surface area contributed by atoms with Crippen LogP contribution in [0.4, 0.5) is 0 Å². The van der Waals surface area contributed by atoms with E-state index in [1.165, 1.54) is 25.9 Å². The number of hydrogen-bond donors (Lipinski definition) is 1. The van der Waals surface area contributed by atoms with Gasteiger partial charge in [-0.05, 0) is 37.1 Å². The van der Waals surface area contributed by atoms with Crippen LogP contribution in [0.5, 0.6) is 0 Å². The third-order valence-electron chi connectivity index (χ3n) is 4.12. The van der Waals surface area contributed by atoms with Gasteiger partial charge >= 0.3 is 0 Å². The van der Waals surface area contributed by atoms with Crippen LogP contribution in [0, 0.1) is 10.8 Å². The first-order valence-electron chi connectivity index (χ1n) is 7.57. The van der Waals surface area contributed by atoms with Gasteiger partial charge in [0.1, 0.15) is 0 Å². The van der Waals surface area contributed by atoms with E-state index in [-0.39, 0.29) is 0 Å². The topological polar surface area (TPSA) is 15.3 Å². The second kappa shape index (κ2) is 5.92. The van der Waals surface area contributed by atoms with E-state index in [1.54, 1.807) is 0 Å². The number of nitrogens with zero attached hydrogens (tertiary/aromatic N) is 1. The molecule has 1 saturated heterocycles. The molecule has 0 aliphatic carbocycles. The zero-order valence-electron chi connectivity index (χ0n) is 13.6. The van der Waals surface area contributed by atoms with Gasteiger partial charge in [-0.2, -0.15) is 0 Å². The maximum Gasteiger partial charge on any atom is 0.0244 e. The highest BCUT2D eigenvalue weighted by Gasteiger charge is 2.32. The van der Waals surface area contributed by atoms with E-state index in [4.69, 9.17) is 0 Å². The average molecular weight is 254 g/mol. The highest BCUT2D eigenvalue weighted by Crippen LogP contribution is 2.25. The molecule has 0 aromatic heterocycles. The summed E-state index contributed by atoms with van der Waals surface area (Å²) in [4.78, 5) is 2.68. The Morgan fingerprint density at radius 1 is 1.11 bits per heavy atom. The van der Waals surface area contributed by atoms with Crippen LogP contribution in [-0.4, -0.2) is 36.6 Å². The van der Waals surface area contributed by atoms with Gasteiger partial charge in [0.2, 0.25) is 0 Å². The molecule has 1 rings (SSSR count). The van der Waals surface area contributed by atoms with Crippen LogP contribution >= 0.6 is 0 Å². The van der Waals surface area contributed by atoms with Crippen molar-refractivity contribution < 1.29 is 0 Å². The summed E-state index contributed by atoms with van der Waals surface area (Å²) in [5.41, 5.74) is 0.836. The zero-order chi connectivity index (χ0) is 14.0. The van der Waals surface area contributed by atoms with E-state index in [0.29, 0.717) is 22.9 Å². The highest BCUT2D eigenvalue weighted by atomic mass is 15.2. The van der Waals surface area contributed by atoms with Gasteiger partial charge in [0.15, 0.2) is 0 Å². The summed E-state index contributed by atoms with van der Waals surface area (Å²) < 4.78 is 0. The molecule has 2 unspecified atom stereocenters.